The lowest BCUT2D eigenvalue weighted by Crippen LogP contribution is -2.33. The summed E-state index contributed by atoms with van der Waals surface area (Å²) in [5.74, 6) is -0.124. The lowest BCUT2D eigenvalue weighted by atomic mass is 10.0. The molecule has 27 heavy (non-hydrogen) atoms. The summed E-state index contributed by atoms with van der Waals surface area (Å²) in [5.41, 5.74) is 4.88. The monoisotopic (exact) mass is 365 g/mol. The number of rotatable bonds is 4. The number of carbonyl (C=O) groups is 1. The maximum atomic E-state index is 13.2. The van der Waals surface area contributed by atoms with Crippen molar-refractivity contribution in [2.45, 2.75) is 25.7 Å². The maximum absolute atomic E-state index is 13.2. The van der Waals surface area contributed by atoms with Crippen LogP contribution in [0, 0.1) is 5.82 Å². The predicted molar refractivity (Wildman–Crippen MR) is 98.3 cm³/mol. The Morgan fingerprint density at radius 1 is 1.11 bits per heavy atom. The van der Waals surface area contributed by atoms with E-state index in [0.29, 0.717) is 25.9 Å². The van der Waals surface area contributed by atoms with Gasteiger partial charge < -0.3 is 4.90 Å². The van der Waals surface area contributed by atoms with Crippen molar-refractivity contribution in [3.63, 3.8) is 0 Å². The average molecular weight is 365 g/mol. The molecule has 1 N–H and O–H groups in total. The van der Waals surface area contributed by atoms with Crippen molar-refractivity contribution in [1.82, 2.24) is 25.1 Å². The summed E-state index contributed by atoms with van der Waals surface area (Å²) in [5, 5.41) is 7.52. The lowest BCUT2D eigenvalue weighted by molar-refractivity contribution is -0.131. The van der Waals surface area contributed by atoms with Crippen LogP contribution in [0.2, 0.25) is 0 Å². The quantitative estimate of drug-likeness (QED) is 0.771. The molecule has 0 fully saturated rings. The van der Waals surface area contributed by atoms with E-state index < -0.39 is 0 Å². The summed E-state index contributed by atoms with van der Waals surface area (Å²) in [4.78, 5) is 22.5. The average Bonchev–Trinajstić information content (AvgIpc) is 2.98. The van der Waals surface area contributed by atoms with Crippen molar-refractivity contribution in [2.75, 3.05) is 13.1 Å². The van der Waals surface area contributed by atoms with Crippen LogP contribution in [-0.4, -0.2) is 44.1 Å². The van der Waals surface area contributed by atoms with Gasteiger partial charge in [-0.05, 0) is 42.7 Å². The van der Waals surface area contributed by atoms with Gasteiger partial charge in [0.1, 0.15) is 12.1 Å². The molecule has 0 bridgehead atoms. The molecule has 138 valence electrons. The molecule has 1 aliphatic rings. The second kappa shape index (κ2) is 7.65. The first-order valence-electron chi connectivity index (χ1n) is 9.04. The molecule has 0 aliphatic carbocycles. The summed E-state index contributed by atoms with van der Waals surface area (Å²) in [6.07, 6.45) is 7.54. The highest BCUT2D eigenvalue weighted by Crippen LogP contribution is 2.27. The summed E-state index contributed by atoms with van der Waals surface area (Å²) in [7, 11) is 0. The number of H-pyrrole nitrogens is 1. The largest absolute Gasteiger partial charge is 0.342 e. The molecule has 0 saturated carbocycles. The van der Waals surface area contributed by atoms with Crippen molar-refractivity contribution in [1.29, 1.82) is 0 Å². The lowest BCUT2D eigenvalue weighted by Gasteiger charge is -2.20. The number of carbonyl (C=O) groups excluding carboxylic acids is 1. The van der Waals surface area contributed by atoms with Gasteiger partial charge in [0, 0.05) is 55.1 Å². The van der Waals surface area contributed by atoms with Gasteiger partial charge in [0.2, 0.25) is 5.91 Å². The molecule has 2 aromatic heterocycles. The smallest absolute Gasteiger partial charge is 0.222 e. The number of nitrogens with zero attached hydrogens (tertiary/aromatic N) is 4. The number of hydrogen-bond donors (Lipinski definition) is 1. The van der Waals surface area contributed by atoms with Gasteiger partial charge in [-0.1, -0.05) is 0 Å². The van der Waals surface area contributed by atoms with Gasteiger partial charge >= 0.3 is 0 Å². The number of amides is 1. The van der Waals surface area contributed by atoms with Gasteiger partial charge in [0.15, 0.2) is 0 Å². The van der Waals surface area contributed by atoms with E-state index in [2.05, 4.69) is 20.2 Å². The number of halogens is 1. The van der Waals surface area contributed by atoms with Gasteiger partial charge in [-0.2, -0.15) is 5.10 Å². The highest BCUT2D eigenvalue weighted by atomic mass is 19.1. The minimum Gasteiger partial charge on any atom is -0.342 e. The van der Waals surface area contributed by atoms with Crippen LogP contribution in [-0.2, 0) is 24.1 Å². The maximum Gasteiger partial charge on any atom is 0.222 e. The number of nitrogens with one attached hydrogen (secondary N) is 1. The fourth-order valence-electron chi connectivity index (χ4n) is 3.45. The van der Waals surface area contributed by atoms with E-state index in [1.807, 2.05) is 4.90 Å². The zero-order chi connectivity index (χ0) is 18.6. The molecule has 0 unspecified atom stereocenters. The molecule has 0 atom stereocenters. The molecule has 1 aliphatic heterocycles. The van der Waals surface area contributed by atoms with Crippen LogP contribution >= 0.6 is 0 Å². The van der Waals surface area contributed by atoms with E-state index in [0.717, 1.165) is 40.9 Å². The SMILES string of the molecule is O=C(CCc1cncnc1)N1CCc2[nH]nc(-c3ccc(F)cc3)c2CC1. The number of fused-ring (bicyclic) bond motifs is 1. The highest BCUT2D eigenvalue weighted by molar-refractivity contribution is 5.76. The van der Waals surface area contributed by atoms with Crippen LogP contribution < -0.4 is 0 Å². The zero-order valence-electron chi connectivity index (χ0n) is 14.9. The standard InChI is InChI=1S/C20H20FN5O/c21-16-4-2-15(3-5-16)20-17-7-9-26(10-8-18(17)24-25-20)19(27)6-1-14-11-22-13-23-12-14/h2-5,11-13H,1,6-10H2,(H,24,25). The van der Waals surface area contributed by atoms with Crippen molar-refractivity contribution in [3.8, 4) is 11.3 Å². The van der Waals surface area contributed by atoms with Crippen molar-refractivity contribution >= 4 is 5.91 Å². The Balaban J connectivity index is 1.42. The third-order valence-corrected chi connectivity index (χ3v) is 4.93. The molecule has 3 heterocycles. The summed E-state index contributed by atoms with van der Waals surface area (Å²) >= 11 is 0. The Kier molecular flexibility index (Phi) is 4.91. The third kappa shape index (κ3) is 3.86. The summed E-state index contributed by atoms with van der Waals surface area (Å²) in [6, 6.07) is 6.36. The predicted octanol–water partition coefficient (Wildman–Crippen LogP) is 2.57. The number of hydrogen-bond acceptors (Lipinski definition) is 4. The Morgan fingerprint density at radius 2 is 1.85 bits per heavy atom. The van der Waals surface area contributed by atoms with E-state index in [1.54, 1.807) is 24.5 Å². The fourth-order valence-corrected chi connectivity index (χ4v) is 3.45. The van der Waals surface area contributed by atoms with E-state index in [1.165, 1.54) is 18.5 Å². The third-order valence-electron chi connectivity index (χ3n) is 4.93. The highest BCUT2D eigenvalue weighted by Gasteiger charge is 2.22. The zero-order valence-corrected chi connectivity index (χ0v) is 14.9. The van der Waals surface area contributed by atoms with E-state index in [4.69, 9.17) is 0 Å². The van der Waals surface area contributed by atoms with Gasteiger partial charge in [0.25, 0.3) is 0 Å². The minimum atomic E-state index is -0.263. The van der Waals surface area contributed by atoms with Crippen LogP contribution in [0.4, 0.5) is 4.39 Å². The van der Waals surface area contributed by atoms with Gasteiger partial charge in [-0.3, -0.25) is 9.89 Å². The van der Waals surface area contributed by atoms with Crippen LogP contribution in [0.25, 0.3) is 11.3 Å². The molecule has 7 heteroatoms. The molecule has 6 nitrogen and oxygen atoms in total. The second-order valence-corrected chi connectivity index (χ2v) is 6.66. The Labute approximate surface area is 156 Å². The first-order chi connectivity index (χ1) is 13.2. The second-order valence-electron chi connectivity index (χ2n) is 6.66. The van der Waals surface area contributed by atoms with Crippen LogP contribution in [0.5, 0.6) is 0 Å². The van der Waals surface area contributed by atoms with Crippen LogP contribution in [0.3, 0.4) is 0 Å². The normalized spacial score (nSPS) is 13.9. The molecule has 1 aromatic carbocycles. The van der Waals surface area contributed by atoms with Crippen LogP contribution in [0.1, 0.15) is 23.2 Å². The number of aromatic amines is 1. The van der Waals surface area contributed by atoms with Gasteiger partial charge in [0.05, 0.1) is 5.69 Å². The number of benzene rings is 1. The number of aromatic nitrogens is 4. The van der Waals surface area contributed by atoms with Gasteiger partial charge in [-0.15, -0.1) is 0 Å². The topological polar surface area (TPSA) is 74.8 Å². The molecular weight excluding hydrogens is 345 g/mol. The first-order valence-corrected chi connectivity index (χ1v) is 9.04. The van der Waals surface area contributed by atoms with E-state index in [9.17, 15) is 9.18 Å². The Morgan fingerprint density at radius 3 is 2.63 bits per heavy atom. The van der Waals surface area contributed by atoms with Crippen molar-refractivity contribution in [2.24, 2.45) is 0 Å². The first kappa shape index (κ1) is 17.3. The molecule has 3 aromatic rings. The fraction of sp³-hybridized carbons (Fsp3) is 0.300. The molecular formula is C20H20FN5O. The van der Waals surface area contributed by atoms with Crippen molar-refractivity contribution < 1.29 is 9.18 Å². The van der Waals surface area contributed by atoms with Gasteiger partial charge in [-0.25, -0.2) is 14.4 Å². The minimum absolute atomic E-state index is 0.139. The van der Waals surface area contributed by atoms with Crippen molar-refractivity contribution in [3.05, 3.63) is 65.6 Å². The summed E-state index contributed by atoms with van der Waals surface area (Å²) in [6.45, 7) is 1.33. The Bertz CT molecular complexity index is 923. The molecule has 0 radical (unpaired) electrons. The molecule has 0 spiro atoms. The molecule has 1 amide bonds. The summed E-state index contributed by atoms with van der Waals surface area (Å²) < 4.78 is 13.2. The molecule has 0 saturated heterocycles. The van der Waals surface area contributed by atoms with Crippen LogP contribution in [0.15, 0.2) is 43.0 Å². The van der Waals surface area contributed by atoms with E-state index >= 15 is 0 Å². The number of aryl methyl sites for hydroxylation is 1. The Hall–Kier alpha value is -3.09. The van der Waals surface area contributed by atoms with E-state index in [-0.39, 0.29) is 11.7 Å². The molecule has 4 rings (SSSR count).